The van der Waals surface area contributed by atoms with Crippen LogP contribution in [0.3, 0.4) is 0 Å². The number of fused-ring (bicyclic) bond motifs is 2. The maximum absolute atomic E-state index is 2.28. The average Bonchev–Trinajstić information content (AvgIpc) is 3.07. The van der Waals surface area contributed by atoms with E-state index in [0.29, 0.717) is 0 Å². The van der Waals surface area contributed by atoms with E-state index in [0.717, 1.165) is 0 Å². The lowest BCUT2D eigenvalue weighted by Crippen LogP contribution is -1.57. The van der Waals surface area contributed by atoms with Gasteiger partial charge in [0.2, 0.25) is 0 Å². The Hall–Kier alpha value is -0.940. The van der Waals surface area contributed by atoms with Crippen molar-refractivity contribution in [1.29, 1.82) is 0 Å². The summed E-state index contributed by atoms with van der Waals surface area (Å²) in [5.74, 6) is 0. The second-order valence-electron chi connectivity index (χ2n) is 4.37. The zero-order chi connectivity index (χ0) is 13.4. The van der Waals surface area contributed by atoms with Crippen LogP contribution in [0.2, 0.25) is 0 Å². The van der Waals surface area contributed by atoms with Crippen LogP contribution in [0, 0.1) is 0 Å². The Bertz CT molecular complexity index is 732. The molecule has 0 fully saturated rings. The van der Waals surface area contributed by atoms with Gasteiger partial charge in [-0.2, -0.15) is 0 Å². The highest BCUT2D eigenvalue weighted by Crippen LogP contribution is 2.45. The molecule has 20 heavy (non-hydrogen) atoms. The van der Waals surface area contributed by atoms with Crippen LogP contribution in [0.1, 0.15) is 0 Å². The minimum atomic E-state index is 1.34. The highest BCUT2D eigenvalue weighted by Gasteiger charge is 2.06. The van der Waals surface area contributed by atoms with Crippen molar-refractivity contribution >= 4 is 64.4 Å². The third-order valence-electron chi connectivity index (χ3n) is 3.01. The molecule has 4 aromatic rings. The van der Waals surface area contributed by atoms with Crippen LogP contribution in [0.25, 0.3) is 20.2 Å². The molecule has 0 spiro atoms. The summed E-state index contributed by atoms with van der Waals surface area (Å²) in [5, 5.41) is 2.69. The number of hydrogen-bond acceptors (Lipinski definition) is 4. The van der Waals surface area contributed by atoms with Gasteiger partial charge in [-0.1, -0.05) is 36.4 Å². The van der Waals surface area contributed by atoms with Gasteiger partial charge in [0.1, 0.15) is 0 Å². The first-order chi connectivity index (χ1) is 9.88. The normalized spacial score (nSPS) is 11.4. The van der Waals surface area contributed by atoms with Crippen LogP contribution >= 0.6 is 44.3 Å². The first-order valence-electron chi connectivity index (χ1n) is 6.20. The summed E-state index contributed by atoms with van der Waals surface area (Å²) in [6.07, 6.45) is 0. The molecule has 4 heteroatoms. The molecule has 2 aromatic heterocycles. The van der Waals surface area contributed by atoms with Gasteiger partial charge in [-0.25, -0.2) is 0 Å². The van der Waals surface area contributed by atoms with Gasteiger partial charge < -0.3 is 0 Å². The van der Waals surface area contributed by atoms with Crippen molar-refractivity contribution < 1.29 is 0 Å². The van der Waals surface area contributed by atoms with Gasteiger partial charge in [-0.05, 0) is 56.6 Å². The first kappa shape index (κ1) is 12.8. The summed E-state index contributed by atoms with van der Waals surface area (Å²) in [4.78, 5) is 0. The fourth-order valence-corrected chi connectivity index (χ4v) is 7.00. The van der Waals surface area contributed by atoms with Gasteiger partial charge in [-0.3, -0.25) is 0 Å². The van der Waals surface area contributed by atoms with Gasteiger partial charge in [0, 0.05) is 9.40 Å². The summed E-state index contributed by atoms with van der Waals surface area (Å²) >= 11 is 3.74. The molecule has 0 aliphatic heterocycles. The van der Waals surface area contributed by atoms with E-state index >= 15 is 0 Å². The summed E-state index contributed by atoms with van der Waals surface area (Å²) in [6.45, 7) is 0. The van der Waals surface area contributed by atoms with E-state index in [1.54, 1.807) is 0 Å². The summed E-state index contributed by atoms with van der Waals surface area (Å²) in [5.41, 5.74) is 0. The predicted octanol–water partition coefficient (Wildman–Crippen LogP) is 6.92. The summed E-state index contributed by atoms with van der Waals surface area (Å²) in [7, 11) is 3.72. The van der Waals surface area contributed by atoms with Crippen LogP contribution in [0.5, 0.6) is 0 Å². The van der Waals surface area contributed by atoms with Gasteiger partial charge in [-0.15, -0.1) is 22.7 Å². The SMILES string of the molecule is c1ccc2sc(SSc3cc4ccccc4s3)cc2c1. The third kappa shape index (κ3) is 2.49. The quantitative estimate of drug-likeness (QED) is 0.374. The zero-order valence-corrected chi connectivity index (χ0v) is 13.7. The number of thiophene rings is 2. The lowest BCUT2D eigenvalue weighted by molar-refractivity contribution is 1.76. The first-order valence-corrected chi connectivity index (χ1v) is 9.98. The smallest absolute Gasteiger partial charge is 0.0722 e. The van der Waals surface area contributed by atoms with Crippen molar-refractivity contribution in [3.63, 3.8) is 0 Å². The molecule has 4 rings (SSSR count). The molecule has 2 aromatic carbocycles. The Morgan fingerprint density at radius 1 is 0.600 bits per heavy atom. The Balaban J connectivity index is 1.57. The minimum absolute atomic E-state index is 1.34. The molecule has 0 aliphatic rings. The average molecular weight is 331 g/mol. The lowest BCUT2D eigenvalue weighted by Gasteiger charge is -1.92. The summed E-state index contributed by atoms with van der Waals surface area (Å²) in [6, 6.07) is 21.7. The van der Waals surface area contributed by atoms with Gasteiger partial charge in [0.15, 0.2) is 0 Å². The molecule has 0 bridgehead atoms. The molecule has 0 aliphatic carbocycles. The number of rotatable bonds is 3. The molecule has 98 valence electrons. The lowest BCUT2D eigenvalue weighted by atomic mass is 10.3. The van der Waals surface area contributed by atoms with E-state index in [-0.39, 0.29) is 0 Å². The largest absolute Gasteiger partial charge is 0.128 e. The monoisotopic (exact) mass is 330 g/mol. The third-order valence-corrected chi connectivity index (χ3v) is 8.44. The van der Waals surface area contributed by atoms with E-state index < -0.39 is 0 Å². The number of benzene rings is 2. The second kappa shape index (κ2) is 5.45. The Morgan fingerprint density at radius 3 is 1.50 bits per heavy atom. The van der Waals surface area contributed by atoms with Crippen molar-refractivity contribution in [3.05, 3.63) is 60.7 Å². The molecule has 0 nitrogen and oxygen atoms in total. The molecule has 0 amide bonds. The topological polar surface area (TPSA) is 0 Å². The van der Waals surface area contributed by atoms with E-state index in [9.17, 15) is 0 Å². The van der Waals surface area contributed by atoms with Crippen LogP contribution in [-0.2, 0) is 0 Å². The van der Waals surface area contributed by atoms with Gasteiger partial charge in [0.05, 0.1) is 8.42 Å². The van der Waals surface area contributed by atoms with Crippen molar-refractivity contribution in [2.75, 3.05) is 0 Å². The molecule has 0 saturated carbocycles. The van der Waals surface area contributed by atoms with Crippen molar-refractivity contribution in [1.82, 2.24) is 0 Å². The maximum Gasteiger partial charge on any atom is 0.0722 e. The van der Waals surface area contributed by atoms with Gasteiger partial charge >= 0.3 is 0 Å². The molecule has 0 atom stereocenters. The molecule has 0 unspecified atom stereocenters. The van der Waals surface area contributed by atoms with E-state index in [1.165, 1.54) is 28.6 Å². The molecular formula is C16H10S4. The predicted molar refractivity (Wildman–Crippen MR) is 95.4 cm³/mol. The van der Waals surface area contributed by atoms with Crippen molar-refractivity contribution in [2.45, 2.75) is 8.42 Å². The van der Waals surface area contributed by atoms with Crippen molar-refractivity contribution in [2.24, 2.45) is 0 Å². The second-order valence-corrected chi connectivity index (χ2v) is 9.27. The Morgan fingerprint density at radius 2 is 1.05 bits per heavy atom. The standard InChI is InChI=1S/C16H10S4/c1-3-7-13-11(5-1)9-15(17-13)19-20-16-10-12-6-2-4-8-14(12)18-16/h1-10H. The minimum Gasteiger partial charge on any atom is -0.128 e. The zero-order valence-electron chi connectivity index (χ0n) is 10.4. The maximum atomic E-state index is 2.28. The van der Waals surface area contributed by atoms with Crippen LogP contribution < -0.4 is 0 Å². The number of hydrogen-bond donors (Lipinski definition) is 0. The van der Waals surface area contributed by atoms with Crippen LogP contribution in [0.4, 0.5) is 0 Å². The molecule has 0 N–H and O–H groups in total. The molecular weight excluding hydrogens is 320 g/mol. The van der Waals surface area contributed by atoms with E-state index in [4.69, 9.17) is 0 Å². The van der Waals surface area contributed by atoms with E-state index in [1.807, 2.05) is 44.3 Å². The fourth-order valence-electron chi connectivity index (χ4n) is 2.08. The highest BCUT2D eigenvalue weighted by molar-refractivity contribution is 8.77. The molecule has 2 heterocycles. The molecule has 0 radical (unpaired) electrons. The van der Waals surface area contributed by atoms with Crippen molar-refractivity contribution in [3.8, 4) is 0 Å². The van der Waals surface area contributed by atoms with Crippen LogP contribution in [-0.4, -0.2) is 0 Å². The Labute approximate surface area is 133 Å². The highest BCUT2D eigenvalue weighted by atomic mass is 33.1. The summed E-state index contributed by atoms with van der Waals surface area (Å²) < 4.78 is 5.47. The molecule has 0 saturated heterocycles. The Kier molecular flexibility index (Phi) is 3.48. The van der Waals surface area contributed by atoms with Gasteiger partial charge in [0.25, 0.3) is 0 Å². The van der Waals surface area contributed by atoms with Crippen LogP contribution in [0.15, 0.2) is 69.1 Å². The fraction of sp³-hybridized carbons (Fsp3) is 0. The van der Waals surface area contributed by atoms with E-state index in [2.05, 4.69) is 60.7 Å².